The third-order valence-corrected chi connectivity index (χ3v) is 3.58. The number of aromatic hydroxyl groups is 1. The van der Waals surface area contributed by atoms with Gasteiger partial charge in [-0.25, -0.2) is 4.39 Å². The summed E-state index contributed by atoms with van der Waals surface area (Å²) in [6.45, 7) is 2.14. The molecule has 0 amide bonds. The van der Waals surface area contributed by atoms with Gasteiger partial charge in [0.2, 0.25) is 0 Å². The Bertz CT molecular complexity index is 773. The Hall–Kier alpha value is -2.04. The molecule has 1 N–H and O–H groups in total. The standard InChI is InChI=1S/C17H13Cl2FO3/c1-2-23-16-8-10(7-14(19)17(16)22)3-6-15(21)12-5-4-11(20)9-13(12)18/h3-9,22H,2H2,1H3/b6-3+. The molecule has 0 saturated heterocycles. The maximum atomic E-state index is 13.0. The second-order valence-corrected chi connectivity index (χ2v) is 5.42. The van der Waals surface area contributed by atoms with Gasteiger partial charge >= 0.3 is 0 Å². The van der Waals surface area contributed by atoms with Gasteiger partial charge in [-0.05, 0) is 48.9 Å². The zero-order valence-electron chi connectivity index (χ0n) is 12.1. The molecule has 0 fully saturated rings. The number of rotatable bonds is 5. The van der Waals surface area contributed by atoms with Crippen LogP contribution in [0.15, 0.2) is 36.4 Å². The number of ether oxygens (including phenoxy) is 1. The van der Waals surface area contributed by atoms with E-state index in [1.807, 2.05) is 0 Å². The van der Waals surface area contributed by atoms with Crippen molar-refractivity contribution in [3.8, 4) is 11.5 Å². The minimum Gasteiger partial charge on any atom is -0.503 e. The normalized spacial score (nSPS) is 11.0. The number of ketones is 1. The molecule has 0 unspecified atom stereocenters. The fraction of sp³-hybridized carbons (Fsp3) is 0.118. The molecule has 0 aliphatic rings. The van der Waals surface area contributed by atoms with Crippen LogP contribution in [0.2, 0.25) is 10.0 Å². The van der Waals surface area contributed by atoms with Gasteiger partial charge in [0.05, 0.1) is 16.7 Å². The van der Waals surface area contributed by atoms with Crippen LogP contribution in [0.5, 0.6) is 11.5 Å². The molecule has 0 aliphatic carbocycles. The SMILES string of the molecule is CCOc1cc(/C=C/C(=O)c2ccc(F)cc2Cl)cc(Cl)c1O. The van der Waals surface area contributed by atoms with Crippen molar-refractivity contribution in [2.45, 2.75) is 6.92 Å². The number of carbonyl (C=O) groups excluding carboxylic acids is 1. The van der Waals surface area contributed by atoms with E-state index >= 15 is 0 Å². The summed E-state index contributed by atoms with van der Waals surface area (Å²) in [4.78, 5) is 12.1. The molecule has 2 aromatic carbocycles. The van der Waals surface area contributed by atoms with E-state index in [9.17, 15) is 14.3 Å². The molecule has 120 valence electrons. The van der Waals surface area contributed by atoms with Gasteiger partial charge in [-0.3, -0.25) is 4.79 Å². The van der Waals surface area contributed by atoms with Crippen molar-refractivity contribution in [1.82, 2.24) is 0 Å². The summed E-state index contributed by atoms with van der Waals surface area (Å²) in [6, 6.07) is 6.61. The minimum absolute atomic E-state index is 0.0402. The average molecular weight is 355 g/mol. The first-order chi connectivity index (χ1) is 10.9. The number of benzene rings is 2. The highest BCUT2D eigenvalue weighted by Gasteiger charge is 2.10. The summed E-state index contributed by atoms with van der Waals surface area (Å²) in [5.41, 5.74) is 0.766. The number of phenols is 1. The molecule has 0 aliphatic heterocycles. The largest absolute Gasteiger partial charge is 0.503 e. The predicted molar refractivity (Wildman–Crippen MR) is 89.1 cm³/mol. The van der Waals surface area contributed by atoms with Crippen LogP contribution < -0.4 is 4.74 Å². The number of hydrogen-bond acceptors (Lipinski definition) is 3. The summed E-state index contributed by atoms with van der Waals surface area (Å²) in [5, 5.41) is 9.92. The van der Waals surface area contributed by atoms with Crippen molar-refractivity contribution in [3.63, 3.8) is 0 Å². The van der Waals surface area contributed by atoms with Gasteiger partial charge in [0.25, 0.3) is 0 Å². The molecule has 0 spiro atoms. The highest BCUT2D eigenvalue weighted by molar-refractivity contribution is 6.34. The zero-order valence-corrected chi connectivity index (χ0v) is 13.7. The van der Waals surface area contributed by atoms with E-state index in [-0.39, 0.29) is 32.9 Å². The van der Waals surface area contributed by atoms with Crippen molar-refractivity contribution in [2.24, 2.45) is 0 Å². The van der Waals surface area contributed by atoms with E-state index in [0.29, 0.717) is 12.2 Å². The molecule has 0 radical (unpaired) electrons. The summed E-state index contributed by atoms with van der Waals surface area (Å²) >= 11 is 11.8. The van der Waals surface area contributed by atoms with Crippen molar-refractivity contribution >= 4 is 35.1 Å². The van der Waals surface area contributed by atoms with Gasteiger partial charge in [-0.2, -0.15) is 0 Å². The number of halogens is 3. The van der Waals surface area contributed by atoms with Crippen LogP contribution in [0.4, 0.5) is 4.39 Å². The third-order valence-electron chi connectivity index (χ3n) is 2.97. The average Bonchev–Trinajstić information content (AvgIpc) is 2.50. The highest BCUT2D eigenvalue weighted by Crippen LogP contribution is 2.35. The van der Waals surface area contributed by atoms with E-state index < -0.39 is 5.82 Å². The van der Waals surface area contributed by atoms with Gasteiger partial charge in [-0.15, -0.1) is 0 Å². The van der Waals surface area contributed by atoms with Gasteiger partial charge in [-0.1, -0.05) is 29.3 Å². The number of phenolic OH excluding ortho intramolecular Hbond substituents is 1. The molecular weight excluding hydrogens is 342 g/mol. The van der Waals surface area contributed by atoms with Crippen LogP contribution in [0.3, 0.4) is 0 Å². The lowest BCUT2D eigenvalue weighted by Crippen LogP contribution is -1.96. The lowest BCUT2D eigenvalue weighted by Gasteiger charge is -2.08. The van der Waals surface area contributed by atoms with Crippen LogP contribution >= 0.6 is 23.2 Å². The molecule has 23 heavy (non-hydrogen) atoms. The quantitative estimate of drug-likeness (QED) is 0.597. The maximum Gasteiger partial charge on any atom is 0.187 e. The molecule has 0 heterocycles. The molecule has 0 aromatic heterocycles. The lowest BCUT2D eigenvalue weighted by atomic mass is 10.1. The second-order valence-electron chi connectivity index (χ2n) is 4.60. The van der Waals surface area contributed by atoms with Crippen LogP contribution in [0, 0.1) is 5.82 Å². The fourth-order valence-electron chi connectivity index (χ4n) is 1.91. The van der Waals surface area contributed by atoms with Crippen LogP contribution in [0.25, 0.3) is 6.08 Å². The van der Waals surface area contributed by atoms with Crippen molar-refractivity contribution in [2.75, 3.05) is 6.61 Å². The Kier molecular flexibility index (Phi) is 5.64. The first kappa shape index (κ1) is 17.3. The number of carbonyl (C=O) groups is 1. The first-order valence-electron chi connectivity index (χ1n) is 6.75. The fourth-order valence-corrected chi connectivity index (χ4v) is 2.39. The summed E-state index contributed by atoms with van der Waals surface area (Å²) in [5.74, 6) is -0.815. The van der Waals surface area contributed by atoms with E-state index in [1.54, 1.807) is 13.0 Å². The Balaban J connectivity index is 2.27. The van der Waals surface area contributed by atoms with E-state index in [1.165, 1.54) is 24.3 Å². The van der Waals surface area contributed by atoms with E-state index in [0.717, 1.165) is 12.1 Å². The molecular formula is C17H13Cl2FO3. The van der Waals surface area contributed by atoms with Crippen molar-refractivity contribution in [1.29, 1.82) is 0 Å². The molecule has 0 saturated carbocycles. The Morgan fingerprint density at radius 3 is 2.65 bits per heavy atom. The monoisotopic (exact) mass is 354 g/mol. The maximum absolute atomic E-state index is 13.0. The zero-order chi connectivity index (χ0) is 17.0. The van der Waals surface area contributed by atoms with Gasteiger partial charge in [0, 0.05) is 5.56 Å². The third kappa shape index (κ3) is 4.24. The van der Waals surface area contributed by atoms with Crippen LogP contribution in [-0.4, -0.2) is 17.5 Å². The molecule has 0 bridgehead atoms. The number of hydrogen-bond donors (Lipinski definition) is 1. The van der Waals surface area contributed by atoms with Gasteiger partial charge in [0.15, 0.2) is 17.3 Å². The Morgan fingerprint density at radius 1 is 1.26 bits per heavy atom. The van der Waals surface area contributed by atoms with Gasteiger partial charge in [0.1, 0.15) is 5.82 Å². The van der Waals surface area contributed by atoms with E-state index in [4.69, 9.17) is 27.9 Å². The summed E-state index contributed by atoms with van der Waals surface area (Å²) in [7, 11) is 0. The smallest absolute Gasteiger partial charge is 0.187 e. The van der Waals surface area contributed by atoms with E-state index in [2.05, 4.69) is 0 Å². The molecule has 2 aromatic rings. The van der Waals surface area contributed by atoms with Crippen LogP contribution in [-0.2, 0) is 0 Å². The Labute approximate surface area is 142 Å². The predicted octanol–water partition coefficient (Wildman–Crippen LogP) is 5.13. The highest BCUT2D eigenvalue weighted by atomic mass is 35.5. The summed E-state index contributed by atoms with van der Waals surface area (Å²) < 4.78 is 18.3. The summed E-state index contributed by atoms with van der Waals surface area (Å²) in [6.07, 6.45) is 2.80. The van der Waals surface area contributed by atoms with Crippen molar-refractivity contribution < 1.29 is 19.0 Å². The molecule has 2 rings (SSSR count). The van der Waals surface area contributed by atoms with Gasteiger partial charge < -0.3 is 9.84 Å². The molecule has 0 atom stereocenters. The lowest BCUT2D eigenvalue weighted by molar-refractivity contribution is 0.104. The minimum atomic E-state index is -0.512. The first-order valence-corrected chi connectivity index (χ1v) is 7.50. The van der Waals surface area contributed by atoms with Crippen molar-refractivity contribution in [3.05, 3.63) is 63.4 Å². The van der Waals surface area contributed by atoms with Crippen LogP contribution in [0.1, 0.15) is 22.8 Å². The molecule has 3 nitrogen and oxygen atoms in total. The topological polar surface area (TPSA) is 46.5 Å². The number of allylic oxidation sites excluding steroid dienone is 1. The second kappa shape index (κ2) is 7.49. The Morgan fingerprint density at radius 2 is 2.00 bits per heavy atom. The molecule has 6 heteroatoms.